The Morgan fingerprint density at radius 1 is 1.07 bits per heavy atom. The maximum atomic E-state index is 11.9. The summed E-state index contributed by atoms with van der Waals surface area (Å²) in [7, 11) is 0. The van der Waals surface area contributed by atoms with Crippen molar-refractivity contribution in [1.29, 1.82) is 0 Å². The van der Waals surface area contributed by atoms with Crippen LogP contribution in [0.4, 0.5) is 5.69 Å². The number of carbonyl (C=O) groups excluding carboxylic acids is 2. The van der Waals surface area contributed by atoms with Gasteiger partial charge in [0.2, 0.25) is 0 Å². The molecule has 0 fully saturated rings. The average Bonchev–Trinajstić information content (AvgIpc) is 3.16. The van der Waals surface area contributed by atoms with E-state index in [4.69, 9.17) is 4.74 Å². The first-order valence-corrected chi connectivity index (χ1v) is 9.20. The number of nitrogens with zero attached hydrogens (tertiary/aromatic N) is 2. The van der Waals surface area contributed by atoms with Crippen LogP contribution >= 0.6 is 15.9 Å². The summed E-state index contributed by atoms with van der Waals surface area (Å²) >= 11 is 3.34. The van der Waals surface area contributed by atoms with Crippen molar-refractivity contribution < 1.29 is 14.3 Å². The molecule has 0 aliphatic carbocycles. The van der Waals surface area contributed by atoms with Crippen molar-refractivity contribution in [2.75, 3.05) is 11.9 Å². The molecule has 1 heterocycles. The smallest absolute Gasteiger partial charge is 0.306 e. The number of ether oxygens (including phenoxy) is 1. The summed E-state index contributed by atoms with van der Waals surface area (Å²) in [5.74, 6) is -0.808. The highest BCUT2D eigenvalue weighted by Gasteiger charge is 2.10. The lowest BCUT2D eigenvalue weighted by atomic mass is 10.2. The van der Waals surface area contributed by atoms with Crippen LogP contribution in [0, 0.1) is 0 Å². The summed E-state index contributed by atoms with van der Waals surface area (Å²) in [4.78, 5) is 23.8. The second-order valence-corrected chi connectivity index (χ2v) is 6.67. The van der Waals surface area contributed by atoms with E-state index in [-0.39, 0.29) is 18.9 Å². The van der Waals surface area contributed by atoms with Gasteiger partial charge in [-0.25, -0.2) is 4.68 Å². The molecule has 0 saturated heterocycles. The first-order chi connectivity index (χ1) is 13.1. The van der Waals surface area contributed by atoms with Crippen molar-refractivity contribution in [3.63, 3.8) is 0 Å². The molecule has 0 radical (unpaired) electrons. The van der Waals surface area contributed by atoms with Gasteiger partial charge in [0.15, 0.2) is 6.61 Å². The van der Waals surface area contributed by atoms with Gasteiger partial charge in [-0.3, -0.25) is 9.59 Å². The molecule has 1 amide bonds. The topological polar surface area (TPSA) is 73.2 Å². The van der Waals surface area contributed by atoms with E-state index >= 15 is 0 Å². The Morgan fingerprint density at radius 2 is 1.81 bits per heavy atom. The molecule has 0 bridgehead atoms. The third-order valence-electron chi connectivity index (χ3n) is 3.79. The molecule has 7 heteroatoms. The van der Waals surface area contributed by atoms with E-state index in [1.807, 2.05) is 54.7 Å². The summed E-state index contributed by atoms with van der Waals surface area (Å²) in [5.41, 5.74) is 2.51. The maximum absolute atomic E-state index is 11.9. The van der Waals surface area contributed by atoms with Gasteiger partial charge in [0.1, 0.15) is 0 Å². The van der Waals surface area contributed by atoms with E-state index in [9.17, 15) is 9.59 Å². The van der Waals surface area contributed by atoms with Gasteiger partial charge >= 0.3 is 5.97 Å². The summed E-state index contributed by atoms with van der Waals surface area (Å²) in [5, 5.41) is 6.97. The van der Waals surface area contributed by atoms with Gasteiger partial charge in [0, 0.05) is 17.1 Å². The Balaban J connectivity index is 1.43. The lowest BCUT2D eigenvalue weighted by Crippen LogP contribution is -2.21. The highest BCUT2D eigenvalue weighted by atomic mass is 79.9. The second kappa shape index (κ2) is 9.14. The van der Waals surface area contributed by atoms with E-state index in [2.05, 4.69) is 26.3 Å². The minimum absolute atomic E-state index is 0.183. The van der Waals surface area contributed by atoms with Crippen molar-refractivity contribution in [2.45, 2.75) is 12.8 Å². The number of rotatable bonds is 7. The fourth-order valence-electron chi connectivity index (χ4n) is 2.42. The molecule has 0 aliphatic rings. The molecule has 6 nitrogen and oxygen atoms in total. The maximum Gasteiger partial charge on any atom is 0.306 e. The minimum atomic E-state index is -0.426. The number of hydrogen-bond donors (Lipinski definition) is 1. The van der Waals surface area contributed by atoms with E-state index < -0.39 is 5.97 Å². The summed E-state index contributed by atoms with van der Waals surface area (Å²) in [6.45, 7) is -0.316. The molecule has 1 aromatic heterocycles. The molecule has 3 aromatic rings. The predicted molar refractivity (Wildman–Crippen MR) is 106 cm³/mol. The summed E-state index contributed by atoms with van der Waals surface area (Å²) in [6.07, 6.45) is 4.28. The fraction of sp³-hybridized carbons (Fsp3) is 0.150. The van der Waals surface area contributed by atoms with E-state index in [0.717, 1.165) is 15.7 Å². The Bertz CT molecular complexity index is 925. The number of aryl methyl sites for hydroxylation is 1. The lowest BCUT2D eigenvalue weighted by Gasteiger charge is -2.07. The van der Waals surface area contributed by atoms with Gasteiger partial charge in [-0.15, -0.1) is 0 Å². The molecule has 0 aliphatic heterocycles. The molecular formula is C20H18BrN3O3. The monoisotopic (exact) mass is 427 g/mol. The molecule has 1 N–H and O–H groups in total. The van der Waals surface area contributed by atoms with Gasteiger partial charge < -0.3 is 10.1 Å². The van der Waals surface area contributed by atoms with E-state index in [1.165, 1.54) is 0 Å². The van der Waals surface area contributed by atoms with Gasteiger partial charge in [0.25, 0.3) is 5.91 Å². The number of halogens is 1. The number of nitrogens with one attached hydrogen (secondary N) is 1. The standard InChI is InChI=1S/C20H18BrN3O3/c21-17-8-4-5-9-18(17)23-19(25)14-27-20(26)11-10-15-12-22-24(13-15)16-6-2-1-3-7-16/h1-9,12-13H,10-11,14H2,(H,23,25). The van der Waals surface area contributed by atoms with Crippen LogP contribution in [0.3, 0.4) is 0 Å². The Kier molecular flexibility index (Phi) is 6.38. The predicted octanol–water partition coefficient (Wildman–Crippen LogP) is 3.75. The average molecular weight is 428 g/mol. The molecule has 27 heavy (non-hydrogen) atoms. The van der Waals surface area contributed by atoms with Crippen molar-refractivity contribution in [2.24, 2.45) is 0 Å². The Morgan fingerprint density at radius 3 is 2.59 bits per heavy atom. The number of anilines is 1. The third-order valence-corrected chi connectivity index (χ3v) is 4.48. The van der Waals surface area contributed by atoms with Crippen LogP contribution in [-0.2, 0) is 20.7 Å². The quantitative estimate of drug-likeness (QED) is 0.582. The first kappa shape index (κ1) is 18.8. The van der Waals surface area contributed by atoms with Crippen LogP contribution in [0.1, 0.15) is 12.0 Å². The SMILES string of the molecule is O=C(COC(=O)CCc1cnn(-c2ccccc2)c1)Nc1ccccc1Br. The Hall–Kier alpha value is -2.93. The lowest BCUT2D eigenvalue weighted by molar-refractivity contribution is -0.147. The van der Waals surface area contributed by atoms with Gasteiger partial charge in [-0.1, -0.05) is 30.3 Å². The van der Waals surface area contributed by atoms with Gasteiger partial charge in [0.05, 0.1) is 17.6 Å². The van der Waals surface area contributed by atoms with Crippen LogP contribution in [-0.4, -0.2) is 28.3 Å². The largest absolute Gasteiger partial charge is 0.456 e. The third kappa shape index (κ3) is 5.52. The molecule has 0 unspecified atom stereocenters. The highest BCUT2D eigenvalue weighted by Crippen LogP contribution is 2.20. The van der Waals surface area contributed by atoms with Crippen LogP contribution in [0.25, 0.3) is 5.69 Å². The van der Waals surface area contributed by atoms with E-state index in [0.29, 0.717) is 12.1 Å². The van der Waals surface area contributed by atoms with Crippen LogP contribution in [0.15, 0.2) is 71.5 Å². The number of amides is 1. The normalized spacial score (nSPS) is 10.4. The Labute approximate surface area is 165 Å². The van der Waals surface area contributed by atoms with Crippen LogP contribution in [0.2, 0.25) is 0 Å². The zero-order valence-electron chi connectivity index (χ0n) is 14.5. The minimum Gasteiger partial charge on any atom is -0.456 e. The first-order valence-electron chi connectivity index (χ1n) is 8.41. The van der Waals surface area contributed by atoms with Crippen molar-refractivity contribution in [3.8, 4) is 5.69 Å². The molecular weight excluding hydrogens is 410 g/mol. The van der Waals surface area contributed by atoms with Crippen LogP contribution in [0.5, 0.6) is 0 Å². The van der Waals surface area contributed by atoms with Crippen molar-refractivity contribution in [3.05, 3.63) is 77.0 Å². The molecule has 138 valence electrons. The molecule has 0 atom stereocenters. The van der Waals surface area contributed by atoms with Gasteiger partial charge in [-0.05, 0) is 52.2 Å². The van der Waals surface area contributed by atoms with Gasteiger partial charge in [-0.2, -0.15) is 5.10 Å². The zero-order valence-corrected chi connectivity index (χ0v) is 16.1. The second-order valence-electron chi connectivity index (χ2n) is 5.82. The highest BCUT2D eigenvalue weighted by molar-refractivity contribution is 9.10. The fourth-order valence-corrected chi connectivity index (χ4v) is 2.81. The molecule has 3 rings (SSSR count). The number of benzene rings is 2. The number of para-hydroxylation sites is 2. The zero-order chi connectivity index (χ0) is 19.1. The summed E-state index contributed by atoms with van der Waals surface area (Å²) in [6, 6.07) is 17.0. The number of esters is 1. The molecule has 0 saturated carbocycles. The van der Waals surface area contributed by atoms with E-state index in [1.54, 1.807) is 16.9 Å². The summed E-state index contributed by atoms with van der Waals surface area (Å²) < 4.78 is 7.56. The molecule has 2 aromatic carbocycles. The van der Waals surface area contributed by atoms with Crippen molar-refractivity contribution in [1.82, 2.24) is 9.78 Å². The molecule has 0 spiro atoms. The van der Waals surface area contributed by atoms with Crippen LogP contribution < -0.4 is 5.32 Å². The number of aromatic nitrogens is 2. The van der Waals surface area contributed by atoms with Crippen molar-refractivity contribution >= 4 is 33.5 Å². The number of carbonyl (C=O) groups is 2. The number of hydrogen-bond acceptors (Lipinski definition) is 4.